The number of carbonyl (C=O) groups excluding carboxylic acids is 3. The van der Waals surface area contributed by atoms with Gasteiger partial charge in [-0.1, -0.05) is 31.7 Å². The standard InChI is InChI=1S/C26H31N7O5S2/c1-4-32-23(21(14(2)3)29-24(36)15-8-7-9-16(12-15)33(37)38)30-31-26(32)39-13-19(34)28-25-20(22(27)35)17-10-5-6-11-18(17)40-25/h7-9,12,14,21H,4-6,10-11,13H2,1-3H3,(H2,27,35)(H,28,34)(H,29,36)/t21-/m0/s1. The van der Waals surface area contributed by atoms with Gasteiger partial charge in [0, 0.05) is 29.1 Å². The van der Waals surface area contributed by atoms with Crippen LogP contribution >= 0.6 is 23.1 Å². The van der Waals surface area contributed by atoms with Crippen molar-refractivity contribution >= 4 is 51.5 Å². The van der Waals surface area contributed by atoms with Crippen molar-refractivity contribution in [3.8, 4) is 0 Å². The monoisotopic (exact) mass is 585 g/mol. The average molecular weight is 586 g/mol. The molecule has 1 aliphatic carbocycles. The molecule has 2 aromatic heterocycles. The summed E-state index contributed by atoms with van der Waals surface area (Å²) in [6.07, 6.45) is 3.70. The summed E-state index contributed by atoms with van der Waals surface area (Å²) in [6, 6.07) is 5.00. The molecule has 0 saturated heterocycles. The summed E-state index contributed by atoms with van der Waals surface area (Å²) < 4.78 is 1.83. The number of aryl methyl sites for hydroxylation is 1. The summed E-state index contributed by atoms with van der Waals surface area (Å²) >= 11 is 2.61. The van der Waals surface area contributed by atoms with Crippen LogP contribution in [0.5, 0.6) is 0 Å². The third kappa shape index (κ3) is 6.33. The zero-order chi connectivity index (χ0) is 29.0. The van der Waals surface area contributed by atoms with Crippen molar-refractivity contribution in [3.63, 3.8) is 0 Å². The molecule has 4 rings (SSSR count). The minimum Gasteiger partial charge on any atom is -0.365 e. The van der Waals surface area contributed by atoms with Gasteiger partial charge < -0.3 is 20.9 Å². The van der Waals surface area contributed by atoms with Gasteiger partial charge in [-0.25, -0.2) is 0 Å². The Morgan fingerprint density at radius 2 is 1.98 bits per heavy atom. The van der Waals surface area contributed by atoms with Crippen LogP contribution in [0.4, 0.5) is 10.7 Å². The number of carbonyl (C=O) groups is 3. The van der Waals surface area contributed by atoms with Crippen LogP contribution in [0.1, 0.15) is 76.6 Å². The molecular formula is C26H31N7O5S2. The zero-order valence-corrected chi connectivity index (χ0v) is 24.1. The van der Waals surface area contributed by atoms with Crippen LogP contribution < -0.4 is 16.4 Å². The Morgan fingerprint density at radius 1 is 1.23 bits per heavy atom. The normalized spacial score (nSPS) is 13.5. The molecule has 212 valence electrons. The molecular weight excluding hydrogens is 554 g/mol. The highest BCUT2D eigenvalue weighted by Crippen LogP contribution is 2.38. The number of hydrogen-bond acceptors (Lipinski definition) is 9. The molecule has 0 saturated carbocycles. The van der Waals surface area contributed by atoms with Crippen molar-refractivity contribution in [3.05, 3.63) is 61.8 Å². The highest BCUT2D eigenvalue weighted by molar-refractivity contribution is 7.99. The van der Waals surface area contributed by atoms with Gasteiger partial charge in [0.2, 0.25) is 5.91 Å². The topological polar surface area (TPSA) is 175 Å². The van der Waals surface area contributed by atoms with Crippen LogP contribution in [-0.2, 0) is 24.2 Å². The third-order valence-corrected chi connectivity index (χ3v) is 8.79. The highest BCUT2D eigenvalue weighted by atomic mass is 32.2. The highest BCUT2D eigenvalue weighted by Gasteiger charge is 2.28. The van der Waals surface area contributed by atoms with E-state index in [2.05, 4.69) is 20.8 Å². The maximum Gasteiger partial charge on any atom is 0.270 e. The van der Waals surface area contributed by atoms with Crippen LogP contribution in [0.25, 0.3) is 0 Å². The van der Waals surface area contributed by atoms with E-state index in [0.29, 0.717) is 28.1 Å². The molecule has 0 spiro atoms. The fourth-order valence-corrected chi connectivity index (χ4v) is 6.78. The fraction of sp³-hybridized carbons (Fsp3) is 0.423. The maximum absolute atomic E-state index is 13.0. The molecule has 1 aliphatic rings. The van der Waals surface area contributed by atoms with Gasteiger partial charge in [0.25, 0.3) is 17.5 Å². The molecule has 4 N–H and O–H groups in total. The molecule has 40 heavy (non-hydrogen) atoms. The number of nitrogens with two attached hydrogens (primary N) is 1. The molecule has 3 amide bonds. The van der Waals surface area contributed by atoms with Crippen LogP contribution in [0.3, 0.4) is 0 Å². The molecule has 14 heteroatoms. The van der Waals surface area contributed by atoms with E-state index in [0.717, 1.165) is 36.1 Å². The molecule has 0 aliphatic heterocycles. The summed E-state index contributed by atoms with van der Waals surface area (Å²) in [4.78, 5) is 49.6. The Labute approximate surface area is 239 Å². The lowest BCUT2D eigenvalue weighted by Crippen LogP contribution is -2.33. The lowest BCUT2D eigenvalue weighted by atomic mass is 9.95. The van der Waals surface area contributed by atoms with Gasteiger partial charge in [0.1, 0.15) is 5.00 Å². The molecule has 3 aromatic rings. The number of thiophene rings is 1. The largest absolute Gasteiger partial charge is 0.365 e. The Kier molecular flexibility index (Phi) is 9.20. The van der Waals surface area contributed by atoms with Crippen molar-refractivity contribution in [2.45, 2.75) is 64.2 Å². The number of aromatic nitrogens is 3. The summed E-state index contributed by atoms with van der Waals surface area (Å²) in [5.41, 5.74) is 7.00. The number of non-ortho nitro benzene ring substituents is 1. The maximum atomic E-state index is 13.0. The second-order valence-electron chi connectivity index (χ2n) is 9.70. The van der Waals surface area contributed by atoms with Crippen molar-refractivity contribution in [1.29, 1.82) is 0 Å². The first kappa shape index (κ1) is 29.2. The lowest BCUT2D eigenvalue weighted by Gasteiger charge is -2.22. The average Bonchev–Trinajstić information content (AvgIpc) is 3.50. The second kappa shape index (κ2) is 12.6. The number of nitrogens with one attached hydrogen (secondary N) is 2. The van der Waals surface area contributed by atoms with E-state index < -0.39 is 22.8 Å². The van der Waals surface area contributed by atoms with E-state index >= 15 is 0 Å². The van der Waals surface area contributed by atoms with Gasteiger partial charge in [-0.2, -0.15) is 0 Å². The lowest BCUT2D eigenvalue weighted by molar-refractivity contribution is -0.384. The SMILES string of the molecule is CCn1c(SCC(=O)Nc2sc3c(c2C(N)=O)CCCC3)nnc1[C@@H](NC(=O)c1cccc([N+](=O)[O-])c1)C(C)C. The van der Waals surface area contributed by atoms with Gasteiger partial charge in [-0.3, -0.25) is 24.5 Å². The molecule has 0 unspecified atom stereocenters. The summed E-state index contributed by atoms with van der Waals surface area (Å²) in [5, 5.41) is 26.5. The van der Waals surface area contributed by atoms with E-state index in [-0.39, 0.29) is 28.8 Å². The predicted octanol–water partition coefficient (Wildman–Crippen LogP) is 4.10. The molecule has 2 heterocycles. The molecule has 0 bridgehead atoms. The number of thioether (sulfide) groups is 1. The Balaban J connectivity index is 1.47. The fourth-order valence-electron chi connectivity index (χ4n) is 4.66. The number of hydrogen-bond donors (Lipinski definition) is 3. The first-order valence-corrected chi connectivity index (χ1v) is 14.8. The van der Waals surface area contributed by atoms with Gasteiger partial charge in [-0.15, -0.1) is 21.5 Å². The number of rotatable bonds is 11. The van der Waals surface area contributed by atoms with Crippen LogP contribution in [-0.4, -0.2) is 43.2 Å². The van der Waals surface area contributed by atoms with Gasteiger partial charge >= 0.3 is 0 Å². The number of anilines is 1. The smallest absolute Gasteiger partial charge is 0.270 e. The van der Waals surface area contributed by atoms with E-state index in [9.17, 15) is 24.5 Å². The quantitative estimate of drug-likeness (QED) is 0.171. The Bertz CT molecular complexity index is 1450. The van der Waals surface area contributed by atoms with E-state index in [1.807, 2.05) is 25.3 Å². The number of nitrogens with zero attached hydrogens (tertiary/aromatic N) is 4. The van der Waals surface area contributed by atoms with E-state index in [4.69, 9.17) is 5.73 Å². The minimum absolute atomic E-state index is 0.0330. The molecule has 12 nitrogen and oxygen atoms in total. The zero-order valence-electron chi connectivity index (χ0n) is 22.4. The van der Waals surface area contributed by atoms with Crippen molar-refractivity contribution in [2.75, 3.05) is 11.1 Å². The molecule has 0 fully saturated rings. The number of primary amides is 1. The summed E-state index contributed by atoms with van der Waals surface area (Å²) in [6.45, 7) is 6.24. The summed E-state index contributed by atoms with van der Waals surface area (Å²) in [5.74, 6) is -0.824. The predicted molar refractivity (Wildman–Crippen MR) is 153 cm³/mol. The Hall–Kier alpha value is -3.78. The van der Waals surface area contributed by atoms with Gasteiger partial charge in [-0.05, 0) is 50.2 Å². The number of amides is 3. The van der Waals surface area contributed by atoms with Gasteiger partial charge in [0.15, 0.2) is 11.0 Å². The third-order valence-electron chi connectivity index (χ3n) is 6.62. The van der Waals surface area contributed by atoms with E-state index in [1.54, 1.807) is 0 Å². The van der Waals surface area contributed by atoms with Crippen LogP contribution in [0, 0.1) is 16.0 Å². The second-order valence-corrected chi connectivity index (χ2v) is 11.8. The first-order chi connectivity index (χ1) is 19.1. The molecule has 0 radical (unpaired) electrons. The van der Waals surface area contributed by atoms with Crippen molar-refractivity contribution in [1.82, 2.24) is 20.1 Å². The first-order valence-electron chi connectivity index (χ1n) is 13.0. The molecule has 1 aromatic carbocycles. The van der Waals surface area contributed by atoms with Crippen molar-refractivity contribution in [2.24, 2.45) is 11.7 Å². The number of nitro groups is 1. The van der Waals surface area contributed by atoms with Crippen molar-refractivity contribution < 1.29 is 19.3 Å². The summed E-state index contributed by atoms with van der Waals surface area (Å²) in [7, 11) is 0. The number of benzene rings is 1. The number of nitro benzene ring substituents is 1. The van der Waals surface area contributed by atoms with Crippen LogP contribution in [0.15, 0.2) is 29.4 Å². The minimum atomic E-state index is -0.550. The van der Waals surface area contributed by atoms with Crippen LogP contribution in [0.2, 0.25) is 0 Å². The number of fused-ring (bicyclic) bond motifs is 1. The van der Waals surface area contributed by atoms with E-state index in [1.165, 1.54) is 47.4 Å². The van der Waals surface area contributed by atoms with Gasteiger partial charge in [0.05, 0.1) is 22.3 Å². The molecule has 1 atom stereocenters. The Morgan fingerprint density at radius 3 is 2.65 bits per heavy atom.